The van der Waals surface area contributed by atoms with Crippen LogP contribution < -0.4 is 5.73 Å². The molecule has 0 spiro atoms. The Bertz CT molecular complexity index is 502. The van der Waals surface area contributed by atoms with E-state index in [0.717, 1.165) is 24.0 Å². The molecular formula is C12H17N3O. The number of fused-ring (bicyclic) bond motifs is 1. The van der Waals surface area contributed by atoms with Gasteiger partial charge in [-0.1, -0.05) is 6.92 Å². The SMILES string of the molecule is CCCn1c([C@H](C)O)nc2cc(N)ccc21. The molecule has 16 heavy (non-hydrogen) atoms. The first-order chi connectivity index (χ1) is 7.63. The number of rotatable bonds is 3. The number of aliphatic hydroxyl groups is 1. The van der Waals surface area contributed by atoms with Gasteiger partial charge in [-0.05, 0) is 31.5 Å². The van der Waals surface area contributed by atoms with Crippen molar-refractivity contribution >= 4 is 16.7 Å². The molecule has 2 rings (SSSR count). The van der Waals surface area contributed by atoms with E-state index in [9.17, 15) is 5.11 Å². The fraction of sp³-hybridized carbons (Fsp3) is 0.417. The van der Waals surface area contributed by atoms with Gasteiger partial charge in [-0.2, -0.15) is 0 Å². The van der Waals surface area contributed by atoms with E-state index in [1.807, 2.05) is 18.2 Å². The Morgan fingerprint density at radius 3 is 2.88 bits per heavy atom. The second kappa shape index (κ2) is 4.14. The number of hydrogen-bond donors (Lipinski definition) is 2. The number of hydrogen-bond acceptors (Lipinski definition) is 3. The third-order valence-corrected chi connectivity index (χ3v) is 2.62. The molecule has 1 atom stereocenters. The third kappa shape index (κ3) is 1.76. The highest BCUT2D eigenvalue weighted by Gasteiger charge is 2.13. The lowest BCUT2D eigenvalue weighted by Gasteiger charge is -2.09. The molecule has 2 aromatic rings. The molecule has 86 valence electrons. The maximum Gasteiger partial charge on any atom is 0.138 e. The van der Waals surface area contributed by atoms with Gasteiger partial charge in [0.25, 0.3) is 0 Å². The monoisotopic (exact) mass is 219 g/mol. The van der Waals surface area contributed by atoms with Crippen LogP contribution in [-0.2, 0) is 6.54 Å². The fourth-order valence-electron chi connectivity index (χ4n) is 1.94. The molecule has 0 amide bonds. The molecule has 0 unspecified atom stereocenters. The quantitative estimate of drug-likeness (QED) is 0.777. The molecule has 4 nitrogen and oxygen atoms in total. The molecule has 0 radical (unpaired) electrons. The number of nitrogens with zero attached hydrogens (tertiary/aromatic N) is 2. The van der Waals surface area contributed by atoms with Crippen LogP contribution in [0.15, 0.2) is 18.2 Å². The predicted octanol–water partition coefficient (Wildman–Crippen LogP) is 2.08. The van der Waals surface area contributed by atoms with Gasteiger partial charge in [0.15, 0.2) is 0 Å². The number of anilines is 1. The summed E-state index contributed by atoms with van der Waals surface area (Å²) < 4.78 is 2.05. The summed E-state index contributed by atoms with van der Waals surface area (Å²) in [5.41, 5.74) is 8.31. The van der Waals surface area contributed by atoms with Crippen molar-refractivity contribution in [2.45, 2.75) is 32.9 Å². The molecule has 1 aromatic carbocycles. The van der Waals surface area contributed by atoms with Gasteiger partial charge >= 0.3 is 0 Å². The van der Waals surface area contributed by atoms with Crippen molar-refractivity contribution in [3.63, 3.8) is 0 Å². The van der Waals surface area contributed by atoms with Crippen LogP contribution in [0.2, 0.25) is 0 Å². The minimum atomic E-state index is -0.555. The Morgan fingerprint density at radius 2 is 2.25 bits per heavy atom. The maximum atomic E-state index is 9.69. The highest BCUT2D eigenvalue weighted by Crippen LogP contribution is 2.22. The fourth-order valence-corrected chi connectivity index (χ4v) is 1.94. The summed E-state index contributed by atoms with van der Waals surface area (Å²) in [7, 11) is 0. The van der Waals surface area contributed by atoms with Gasteiger partial charge in [0.1, 0.15) is 11.9 Å². The topological polar surface area (TPSA) is 64.1 Å². The van der Waals surface area contributed by atoms with Crippen molar-refractivity contribution in [2.75, 3.05) is 5.73 Å². The summed E-state index contributed by atoms with van der Waals surface area (Å²) in [6.07, 6.45) is 0.454. The zero-order valence-corrected chi connectivity index (χ0v) is 9.64. The molecule has 1 heterocycles. The first-order valence-corrected chi connectivity index (χ1v) is 5.57. The minimum absolute atomic E-state index is 0.555. The van der Waals surface area contributed by atoms with Crippen molar-refractivity contribution in [3.8, 4) is 0 Å². The van der Waals surface area contributed by atoms with Crippen molar-refractivity contribution < 1.29 is 5.11 Å². The zero-order chi connectivity index (χ0) is 11.7. The summed E-state index contributed by atoms with van der Waals surface area (Å²) in [6.45, 7) is 4.70. The zero-order valence-electron chi connectivity index (χ0n) is 9.64. The molecule has 1 aromatic heterocycles. The highest BCUT2D eigenvalue weighted by molar-refractivity contribution is 5.79. The van der Waals surface area contributed by atoms with Crippen LogP contribution in [0.5, 0.6) is 0 Å². The van der Waals surface area contributed by atoms with Gasteiger partial charge < -0.3 is 15.4 Å². The number of aromatic nitrogens is 2. The van der Waals surface area contributed by atoms with Crippen LogP contribution in [-0.4, -0.2) is 14.7 Å². The van der Waals surface area contributed by atoms with Crippen LogP contribution >= 0.6 is 0 Å². The number of aryl methyl sites for hydroxylation is 1. The lowest BCUT2D eigenvalue weighted by Crippen LogP contribution is -2.06. The Kier molecular flexibility index (Phi) is 2.83. The van der Waals surface area contributed by atoms with Crippen molar-refractivity contribution in [1.29, 1.82) is 0 Å². The Labute approximate surface area is 94.7 Å². The molecule has 4 heteroatoms. The van der Waals surface area contributed by atoms with E-state index in [4.69, 9.17) is 5.73 Å². The highest BCUT2D eigenvalue weighted by atomic mass is 16.3. The average Bonchev–Trinajstić information content (AvgIpc) is 2.57. The van der Waals surface area contributed by atoms with Crippen molar-refractivity contribution in [2.24, 2.45) is 0 Å². The van der Waals surface area contributed by atoms with Crippen LogP contribution in [0.3, 0.4) is 0 Å². The normalized spacial score (nSPS) is 13.2. The van der Waals surface area contributed by atoms with E-state index in [1.165, 1.54) is 0 Å². The van der Waals surface area contributed by atoms with E-state index in [2.05, 4.69) is 16.5 Å². The van der Waals surface area contributed by atoms with Gasteiger partial charge in [0.05, 0.1) is 11.0 Å². The first kappa shape index (κ1) is 11.0. The summed E-state index contributed by atoms with van der Waals surface area (Å²) in [4.78, 5) is 4.42. The summed E-state index contributed by atoms with van der Waals surface area (Å²) in [5, 5.41) is 9.69. The van der Waals surface area contributed by atoms with Gasteiger partial charge in [0.2, 0.25) is 0 Å². The van der Waals surface area contributed by atoms with Crippen LogP contribution in [0.4, 0.5) is 5.69 Å². The van der Waals surface area contributed by atoms with E-state index in [0.29, 0.717) is 11.5 Å². The smallest absolute Gasteiger partial charge is 0.138 e. The Balaban J connectivity index is 2.65. The predicted molar refractivity (Wildman–Crippen MR) is 65.1 cm³/mol. The van der Waals surface area contributed by atoms with E-state index >= 15 is 0 Å². The van der Waals surface area contributed by atoms with Crippen LogP contribution in [0, 0.1) is 0 Å². The molecule has 0 aliphatic carbocycles. The van der Waals surface area contributed by atoms with E-state index in [-0.39, 0.29) is 0 Å². The lowest BCUT2D eigenvalue weighted by atomic mass is 10.3. The second-order valence-corrected chi connectivity index (χ2v) is 4.05. The van der Waals surface area contributed by atoms with Crippen molar-refractivity contribution in [1.82, 2.24) is 9.55 Å². The Hall–Kier alpha value is -1.55. The van der Waals surface area contributed by atoms with Crippen molar-refractivity contribution in [3.05, 3.63) is 24.0 Å². The third-order valence-electron chi connectivity index (χ3n) is 2.62. The molecule has 0 aliphatic rings. The van der Waals surface area contributed by atoms with E-state index < -0.39 is 6.10 Å². The molecule has 0 fully saturated rings. The molecule has 0 saturated heterocycles. The minimum Gasteiger partial charge on any atom is -0.399 e. The number of nitrogen functional groups attached to an aromatic ring is 1. The number of benzene rings is 1. The van der Waals surface area contributed by atoms with Gasteiger partial charge in [0, 0.05) is 12.2 Å². The standard InChI is InChI=1S/C12H17N3O/c1-3-6-15-11-5-4-9(13)7-10(11)14-12(15)8(2)16/h4-5,7-8,16H,3,6,13H2,1-2H3/t8-/m0/s1. The largest absolute Gasteiger partial charge is 0.399 e. The first-order valence-electron chi connectivity index (χ1n) is 5.57. The van der Waals surface area contributed by atoms with Gasteiger partial charge in [-0.25, -0.2) is 4.98 Å². The summed E-state index contributed by atoms with van der Waals surface area (Å²) in [6, 6.07) is 5.66. The lowest BCUT2D eigenvalue weighted by molar-refractivity contribution is 0.184. The number of aliphatic hydroxyl groups excluding tert-OH is 1. The van der Waals surface area contributed by atoms with Gasteiger partial charge in [-0.15, -0.1) is 0 Å². The summed E-state index contributed by atoms with van der Waals surface area (Å²) >= 11 is 0. The number of imidazole rings is 1. The summed E-state index contributed by atoms with van der Waals surface area (Å²) in [5.74, 6) is 0.711. The van der Waals surface area contributed by atoms with Crippen LogP contribution in [0.1, 0.15) is 32.2 Å². The van der Waals surface area contributed by atoms with Gasteiger partial charge in [-0.3, -0.25) is 0 Å². The average molecular weight is 219 g/mol. The molecule has 0 aliphatic heterocycles. The Morgan fingerprint density at radius 1 is 1.50 bits per heavy atom. The second-order valence-electron chi connectivity index (χ2n) is 4.05. The molecular weight excluding hydrogens is 202 g/mol. The molecule has 0 bridgehead atoms. The van der Waals surface area contributed by atoms with Crippen LogP contribution in [0.25, 0.3) is 11.0 Å². The number of nitrogens with two attached hydrogens (primary N) is 1. The molecule has 0 saturated carbocycles. The maximum absolute atomic E-state index is 9.69. The molecule has 3 N–H and O–H groups in total. The van der Waals surface area contributed by atoms with E-state index in [1.54, 1.807) is 6.92 Å².